The second-order valence-electron chi connectivity index (χ2n) is 5.31. The van der Waals surface area contributed by atoms with Gasteiger partial charge in [-0.3, -0.25) is 0 Å². The summed E-state index contributed by atoms with van der Waals surface area (Å²) in [6.45, 7) is 5.85. The highest BCUT2D eigenvalue weighted by Gasteiger charge is 2.23. The van der Waals surface area contributed by atoms with E-state index in [1.165, 1.54) is 17.4 Å². The lowest BCUT2D eigenvalue weighted by molar-refractivity contribution is -0.131. The van der Waals surface area contributed by atoms with Gasteiger partial charge in [-0.2, -0.15) is 0 Å². The van der Waals surface area contributed by atoms with Crippen LogP contribution in [0.4, 0.5) is 0 Å². The van der Waals surface area contributed by atoms with Crippen LogP contribution in [-0.4, -0.2) is 30.7 Å². The molecule has 0 amide bonds. The number of carboxylic acid groups (broad SMARTS) is 1. The summed E-state index contributed by atoms with van der Waals surface area (Å²) in [5, 5.41) is 9.15. The van der Waals surface area contributed by atoms with Gasteiger partial charge in [-0.1, -0.05) is 20.8 Å². The van der Waals surface area contributed by atoms with Gasteiger partial charge in [0.15, 0.2) is 9.84 Å². The quantitative estimate of drug-likeness (QED) is 0.861. The van der Waals surface area contributed by atoms with E-state index in [-0.39, 0.29) is 11.2 Å². The molecule has 1 rings (SSSR count). The lowest BCUT2D eigenvalue weighted by Crippen LogP contribution is -2.13. The van der Waals surface area contributed by atoms with Gasteiger partial charge in [-0.15, -0.1) is 11.3 Å². The molecule has 5 nitrogen and oxygen atoms in total. The third-order valence-electron chi connectivity index (χ3n) is 2.17. The maximum Gasteiger partial charge on any atom is 0.328 e. The third kappa shape index (κ3) is 5.12. The molecule has 1 N–H and O–H groups in total. The third-order valence-corrected chi connectivity index (χ3v) is 4.17. The zero-order valence-electron chi connectivity index (χ0n) is 11.3. The summed E-state index contributed by atoms with van der Waals surface area (Å²) in [6.07, 6.45) is 3.65. The van der Waals surface area contributed by atoms with Crippen LogP contribution in [0.15, 0.2) is 6.08 Å². The molecule has 0 atom stereocenters. The molecule has 1 aromatic rings. The molecule has 0 radical (unpaired) electrons. The lowest BCUT2D eigenvalue weighted by atomic mass is 9.91. The molecule has 0 saturated carbocycles. The van der Waals surface area contributed by atoms with Crippen molar-refractivity contribution in [2.45, 2.75) is 31.9 Å². The van der Waals surface area contributed by atoms with Crippen molar-refractivity contribution in [2.75, 3.05) is 6.26 Å². The van der Waals surface area contributed by atoms with Crippen molar-refractivity contribution in [2.24, 2.45) is 0 Å². The topological polar surface area (TPSA) is 84.3 Å². The van der Waals surface area contributed by atoms with Crippen molar-refractivity contribution in [1.29, 1.82) is 0 Å². The number of sulfone groups is 1. The molecule has 0 unspecified atom stereocenters. The minimum absolute atomic E-state index is 0.123. The van der Waals surface area contributed by atoms with Crippen molar-refractivity contribution in [3.8, 4) is 0 Å². The number of thiazole rings is 1. The van der Waals surface area contributed by atoms with Crippen LogP contribution in [0.2, 0.25) is 0 Å². The Hall–Kier alpha value is -1.21. The number of aliphatic carboxylic acids is 1. The highest BCUT2D eigenvalue weighted by Crippen LogP contribution is 2.31. The fourth-order valence-electron chi connectivity index (χ4n) is 1.46. The first kappa shape index (κ1) is 15.8. The SMILES string of the molecule is CC(C)(C)c1nc(CS(C)(=O)=O)sc1/C=C/C(=O)O. The van der Waals surface area contributed by atoms with Crippen LogP contribution >= 0.6 is 11.3 Å². The van der Waals surface area contributed by atoms with Gasteiger partial charge in [0, 0.05) is 17.7 Å². The number of rotatable bonds is 4. The number of nitrogens with zero attached hydrogens (tertiary/aromatic N) is 1. The van der Waals surface area contributed by atoms with Gasteiger partial charge >= 0.3 is 5.97 Å². The molecule has 106 valence electrons. The summed E-state index contributed by atoms with van der Waals surface area (Å²) in [4.78, 5) is 15.6. The molecule has 0 spiro atoms. The maximum atomic E-state index is 11.3. The zero-order chi connectivity index (χ0) is 14.8. The van der Waals surface area contributed by atoms with Gasteiger partial charge in [-0.05, 0) is 6.08 Å². The summed E-state index contributed by atoms with van der Waals surface area (Å²) in [6, 6.07) is 0. The molecule has 0 bridgehead atoms. The van der Waals surface area contributed by atoms with E-state index in [1.54, 1.807) is 0 Å². The predicted molar refractivity (Wildman–Crippen MR) is 76.0 cm³/mol. The average molecular weight is 303 g/mol. The first-order chi connectivity index (χ1) is 8.49. The standard InChI is InChI=1S/C12H17NO4S2/c1-12(2,3)11-8(5-6-10(14)15)18-9(13-11)7-19(4,16)17/h5-6H,7H2,1-4H3,(H,14,15)/b6-5+. The Morgan fingerprint density at radius 1 is 1.42 bits per heavy atom. The number of hydrogen-bond donors (Lipinski definition) is 1. The molecule has 0 aliphatic heterocycles. The molecule has 19 heavy (non-hydrogen) atoms. The van der Waals surface area contributed by atoms with Crippen LogP contribution in [0.3, 0.4) is 0 Å². The van der Waals surface area contributed by atoms with Gasteiger partial charge in [0.1, 0.15) is 10.8 Å². The average Bonchev–Trinajstić information content (AvgIpc) is 2.54. The van der Waals surface area contributed by atoms with Crippen LogP contribution in [0, 0.1) is 0 Å². The van der Waals surface area contributed by atoms with E-state index in [2.05, 4.69) is 4.98 Å². The Balaban J connectivity index is 3.24. The van der Waals surface area contributed by atoms with E-state index < -0.39 is 15.8 Å². The first-order valence-corrected chi connectivity index (χ1v) is 8.45. The summed E-state index contributed by atoms with van der Waals surface area (Å²) >= 11 is 1.21. The Labute approximate surface area is 116 Å². The van der Waals surface area contributed by atoms with E-state index >= 15 is 0 Å². The fraction of sp³-hybridized carbons (Fsp3) is 0.500. The molecule has 1 heterocycles. The van der Waals surface area contributed by atoms with Crippen molar-refractivity contribution in [1.82, 2.24) is 4.98 Å². The van der Waals surface area contributed by atoms with Crippen LogP contribution in [-0.2, 0) is 25.8 Å². The lowest BCUT2D eigenvalue weighted by Gasteiger charge is -2.16. The van der Waals surface area contributed by atoms with Crippen LogP contribution < -0.4 is 0 Å². The molecule has 0 fully saturated rings. The number of carboxylic acids is 1. The minimum atomic E-state index is -3.15. The summed E-state index contributed by atoms with van der Waals surface area (Å²) in [7, 11) is -3.15. The number of carbonyl (C=O) groups is 1. The van der Waals surface area contributed by atoms with Crippen molar-refractivity contribution in [3.05, 3.63) is 21.7 Å². The predicted octanol–water partition coefficient (Wildman–Crippen LogP) is 2.08. The Morgan fingerprint density at radius 2 is 2.00 bits per heavy atom. The van der Waals surface area contributed by atoms with E-state index in [1.807, 2.05) is 20.8 Å². The smallest absolute Gasteiger partial charge is 0.328 e. The van der Waals surface area contributed by atoms with Gasteiger partial charge in [-0.25, -0.2) is 18.2 Å². The largest absolute Gasteiger partial charge is 0.478 e. The molecule has 7 heteroatoms. The Kier molecular flexibility index (Phi) is 4.52. The van der Waals surface area contributed by atoms with Gasteiger partial charge < -0.3 is 5.11 Å². The minimum Gasteiger partial charge on any atom is -0.478 e. The molecule has 0 aliphatic rings. The molecule has 0 saturated heterocycles. The Morgan fingerprint density at radius 3 is 2.42 bits per heavy atom. The second-order valence-corrected chi connectivity index (χ2v) is 8.57. The highest BCUT2D eigenvalue weighted by atomic mass is 32.2. The summed E-state index contributed by atoms with van der Waals surface area (Å²) in [5.74, 6) is -1.17. The second kappa shape index (κ2) is 5.42. The number of hydrogen-bond acceptors (Lipinski definition) is 5. The zero-order valence-corrected chi connectivity index (χ0v) is 12.9. The fourth-order valence-corrected chi connectivity index (χ4v) is 3.83. The van der Waals surface area contributed by atoms with Crippen molar-refractivity contribution < 1.29 is 18.3 Å². The highest BCUT2D eigenvalue weighted by molar-refractivity contribution is 7.90. The maximum absolute atomic E-state index is 11.3. The summed E-state index contributed by atoms with van der Waals surface area (Å²) in [5.41, 5.74) is 0.443. The van der Waals surface area contributed by atoms with Gasteiger partial charge in [0.2, 0.25) is 0 Å². The van der Waals surface area contributed by atoms with E-state index in [4.69, 9.17) is 5.11 Å². The van der Waals surface area contributed by atoms with Crippen LogP contribution in [0.25, 0.3) is 6.08 Å². The van der Waals surface area contributed by atoms with Gasteiger partial charge in [0.05, 0.1) is 10.6 Å². The summed E-state index contributed by atoms with van der Waals surface area (Å²) < 4.78 is 22.6. The van der Waals surface area contributed by atoms with E-state index in [9.17, 15) is 13.2 Å². The van der Waals surface area contributed by atoms with Crippen LogP contribution in [0.1, 0.15) is 36.3 Å². The molecular formula is C12H17NO4S2. The van der Waals surface area contributed by atoms with Gasteiger partial charge in [0.25, 0.3) is 0 Å². The normalized spacial score (nSPS) is 13.1. The molecular weight excluding hydrogens is 286 g/mol. The van der Waals surface area contributed by atoms with Crippen molar-refractivity contribution in [3.63, 3.8) is 0 Å². The molecule has 0 aromatic carbocycles. The monoisotopic (exact) mass is 303 g/mol. The number of aromatic nitrogens is 1. The van der Waals surface area contributed by atoms with E-state index in [0.717, 1.165) is 12.3 Å². The molecule has 1 aromatic heterocycles. The van der Waals surface area contributed by atoms with Crippen LogP contribution in [0.5, 0.6) is 0 Å². The Bertz CT molecular complexity index is 606. The van der Waals surface area contributed by atoms with E-state index in [0.29, 0.717) is 15.6 Å². The molecule has 0 aliphatic carbocycles. The first-order valence-electron chi connectivity index (χ1n) is 5.58. The van der Waals surface area contributed by atoms with Crippen molar-refractivity contribution >= 4 is 33.2 Å².